The Hall–Kier alpha value is -2.62. The lowest BCUT2D eigenvalue weighted by Crippen LogP contribution is -2.23. The van der Waals surface area contributed by atoms with E-state index in [1.54, 1.807) is 12.1 Å². The molecule has 0 bridgehead atoms. The monoisotopic (exact) mass is 689 g/mol. The predicted octanol–water partition coefficient (Wildman–Crippen LogP) is 14.2. The largest absolute Gasteiger partial charge is 0.493 e. The summed E-state index contributed by atoms with van der Waals surface area (Å²) in [4.78, 5) is 27.4. The van der Waals surface area contributed by atoms with Crippen molar-refractivity contribution in [3.8, 4) is 11.5 Å². The molecule has 4 nitrogen and oxygen atoms in total. The van der Waals surface area contributed by atoms with Gasteiger partial charge in [-0.15, -0.1) is 0 Å². The number of hydrogen-bond acceptors (Lipinski definition) is 4. The first-order valence-electron chi connectivity index (χ1n) is 21.3. The number of unbranched alkanes of at least 4 members (excludes halogenated alkanes) is 26. The van der Waals surface area contributed by atoms with E-state index in [1.165, 1.54) is 154 Å². The summed E-state index contributed by atoms with van der Waals surface area (Å²) in [6.45, 7) is 5.67. The fourth-order valence-corrected chi connectivity index (χ4v) is 7.38. The van der Waals surface area contributed by atoms with E-state index >= 15 is 0 Å². The second-order valence-electron chi connectivity index (χ2n) is 14.9. The average Bonchev–Trinajstić information content (AvgIpc) is 3.13. The summed E-state index contributed by atoms with van der Waals surface area (Å²) in [6.07, 6.45) is 36.7. The highest BCUT2D eigenvalue weighted by molar-refractivity contribution is 6.30. The van der Waals surface area contributed by atoms with Crippen molar-refractivity contribution in [3.63, 3.8) is 0 Å². The number of ether oxygens (including phenoxy) is 2. The van der Waals surface area contributed by atoms with Gasteiger partial charge >= 0.3 is 0 Å². The lowest BCUT2D eigenvalue weighted by molar-refractivity contribution is 0.0972. The molecule has 0 amide bonds. The third-order valence-electron chi connectivity index (χ3n) is 10.5. The van der Waals surface area contributed by atoms with Gasteiger partial charge in [-0.3, -0.25) is 9.59 Å². The molecule has 50 heavy (non-hydrogen) atoms. The maximum atomic E-state index is 13.9. The predicted molar refractivity (Wildman–Crippen MR) is 211 cm³/mol. The highest BCUT2D eigenvalue weighted by Gasteiger charge is 2.34. The third-order valence-corrected chi connectivity index (χ3v) is 10.5. The minimum Gasteiger partial charge on any atom is -0.493 e. The van der Waals surface area contributed by atoms with Gasteiger partial charge in [-0.25, -0.2) is 0 Å². The van der Waals surface area contributed by atoms with Crippen LogP contribution >= 0.6 is 0 Å². The molecule has 4 heteroatoms. The van der Waals surface area contributed by atoms with Crippen LogP contribution in [-0.4, -0.2) is 24.8 Å². The third kappa shape index (κ3) is 15.7. The summed E-state index contributed by atoms with van der Waals surface area (Å²) < 4.78 is 12.3. The number of carbonyl (C=O) groups is 2. The van der Waals surface area contributed by atoms with E-state index in [4.69, 9.17) is 9.47 Å². The summed E-state index contributed by atoms with van der Waals surface area (Å²) >= 11 is 0. The quantitative estimate of drug-likeness (QED) is 0.0613. The second kappa shape index (κ2) is 27.1. The van der Waals surface area contributed by atoms with Crippen molar-refractivity contribution in [1.29, 1.82) is 0 Å². The van der Waals surface area contributed by atoms with Crippen LogP contribution in [0.2, 0.25) is 0 Å². The Labute approximate surface area is 306 Å². The van der Waals surface area contributed by atoms with Crippen LogP contribution in [0.3, 0.4) is 0 Å². The second-order valence-corrected chi connectivity index (χ2v) is 14.9. The molecule has 0 aliphatic heterocycles. The molecule has 2 aromatic rings. The molecule has 0 saturated heterocycles. The lowest BCUT2D eigenvalue weighted by Gasteiger charge is -2.22. The number of ketones is 2. The number of rotatable bonds is 32. The average molecular weight is 689 g/mol. The van der Waals surface area contributed by atoms with E-state index in [-0.39, 0.29) is 11.6 Å². The summed E-state index contributed by atoms with van der Waals surface area (Å²) in [7, 11) is 0. The van der Waals surface area contributed by atoms with E-state index in [0.717, 1.165) is 25.7 Å². The van der Waals surface area contributed by atoms with Gasteiger partial charge in [-0.05, 0) is 25.0 Å². The van der Waals surface area contributed by atoms with E-state index in [0.29, 0.717) is 47.0 Å². The van der Waals surface area contributed by atoms with Gasteiger partial charge in [-0.2, -0.15) is 0 Å². The Morgan fingerprint density at radius 2 is 0.640 bits per heavy atom. The molecule has 0 heterocycles. The zero-order valence-corrected chi connectivity index (χ0v) is 32.3. The molecule has 0 N–H and O–H groups in total. The molecule has 1 aliphatic rings. The van der Waals surface area contributed by atoms with Crippen LogP contribution in [0.4, 0.5) is 0 Å². The molecule has 0 fully saturated rings. The van der Waals surface area contributed by atoms with Crippen LogP contribution in [0.15, 0.2) is 36.4 Å². The van der Waals surface area contributed by atoms with Crippen LogP contribution in [0.5, 0.6) is 11.5 Å². The number of carbonyl (C=O) groups excluding carboxylic acids is 2. The van der Waals surface area contributed by atoms with Crippen molar-refractivity contribution in [2.45, 2.75) is 194 Å². The fourth-order valence-electron chi connectivity index (χ4n) is 7.38. The van der Waals surface area contributed by atoms with Gasteiger partial charge in [0.15, 0.2) is 5.78 Å². The van der Waals surface area contributed by atoms with Gasteiger partial charge in [-0.1, -0.05) is 205 Å². The Morgan fingerprint density at radius 3 is 0.940 bits per heavy atom. The topological polar surface area (TPSA) is 52.6 Å². The minimum absolute atomic E-state index is 0.126. The summed E-state index contributed by atoms with van der Waals surface area (Å²) in [6, 6.07) is 10.8. The van der Waals surface area contributed by atoms with Crippen molar-refractivity contribution in [2.75, 3.05) is 13.2 Å². The van der Waals surface area contributed by atoms with Crippen LogP contribution < -0.4 is 9.47 Å². The zero-order chi connectivity index (χ0) is 35.5. The van der Waals surface area contributed by atoms with Crippen molar-refractivity contribution >= 4 is 11.6 Å². The normalized spacial score (nSPS) is 12.3. The Kier molecular flexibility index (Phi) is 22.6. The summed E-state index contributed by atoms with van der Waals surface area (Å²) in [5, 5.41) is 0. The first-order valence-corrected chi connectivity index (χ1v) is 21.3. The maximum Gasteiger partial charge on any atom is 0.201 e. The first-order chi connectivity index (χ1) is 24.7. The van der Waals surface area contributed by atoms with Crippen LogP contribution in [0.25, 0.3) is 0 Å². The molecule has 1 aliphatic carbocycles. The van der Waals surface area contributed by atoms with E-state index in [2.05, 4.69) is 13.8 Å². The van der Waals surface area contributed by atoms with Gasteiger partial charge in [0.2, 0.25) is 5.78 Å². The van der Waals surface area contributed by atoms with Crippen molar-refractivity contribution < 1.29 is 19.1 Å². The molecular formula is C46H72O4. The molecule has 2 aromatic carbocycles. The minimum atomic E-state index is -0.164. The van der Waals surface area contributed by atoms with Crippen LogP contribution in [0.1, 0.15) is 225 Å². The van der Waals surface area contributed by atoms with Gasteiger partial charge in [0, 0.05) is 11.1 Å². The van der Waals surface area contributed by atoms with Gasteiger partial charge < -0.3 is 9.47 Å². The smallest absolute Gasteiger partial charge is 0.201 e. The Bertz CT molecular complexity index is 1110. The highest BCUT2D eigenvalue weighted by atomic mass is 16.5. The lowest BCUT2D eigenvalue weighted by atomic mass is 9.83. The Balaban J connectivity index is 1.32. The molecule has 3 rings (SSSR count). The molecule has 280 valence electrons. The molecule has 0 radical (unpaired) electrons. The van der Waals surface area contributed by atoms with Crippen LogP contribution in [-0.2, 0) is 0 Å². The molecule has 0 aromatic heterocycles. The van der Waals surface area contributed by atoms with E-state index < -0.39 is 0 Å². The molecule has 0 spiro atoms. The fraction of sp³-hybridized carbons (Fsp3) is 0.696. The van der Waals surface area contributed by atoms with E-state index in [9.17, 15) is 9.59 Å². The SMILES string of the molecule is CCCCCCCCCCCCCCCCOc1cccc2c1C(=O)c1c(OCCCCCCCCCCCCCCCC)cccc1C2=O. The number of benzene rings is 2. The van der Waals surface area contributed by atoms with Crippen molar-refractivity contribution in [3.05, 3.63) is 58.7 Å². The number of fused-ring (bicyclic) bond motifs is 2. The van der Waals surface area contributed by atoms with Crippen LogP contribution in [0, 0.1) is 0 Å². The van der Waals surface area contributed by atoms with Gasteiger partial charge in [0.25, 0.3) is 0 Å². The standard InChI is InChI=1S/C46H72O4/c1-3-5-7-9-11-13-15-17-19-21-23-25-27-29-37-49-41-35-31-33-39-43(41)46(48)44-40(45(39)47)34-32-36-42(44)50-38-30-28-26-24-22-20-18-16-14-12-10-8-6-4-2/h31-36H,3-30,37-38H2,1-2H3. The van der Waals surface area contributed by atoms with Crippen molar-refractivity contribution in [1.82, 2.24) is 0 Å². The molecule has 0 saturated carbocycles. The maximum absolute atomic E-state index is 13.9. The molecular weight excluding hydrogens is 617 g/mol. The van der Waals surface area contributed by atoms with Gasteiger partial charge in [0.05, 0.1) is 24.3 Å². The summed E-state index contributed by atoms with van der Waals surface area (Å²) in [5.41, 5.74) is 1.65. The first kappa shape index (κ1) is 41.8. The summed E-state index contributed by atoms with van der Waals surface area (Å²) in [5.74, 6) is 0.743. The molecule has 0 atom stereocenters. The van der Waals surface area contributed by atoms with Gasteiger partial charge in [0.1, 0.15) is 11.5 Å². The Morgan fingerprint density at radius 1 is 0.360 bits per heavy atom. The molecule has 0 unspecified atom stereocenters. The van der Waals surface area contributed by atoms with Crippen molar-refractivity contribution in [2.24, 2.45) is 0 Å². The van der Waals surface area contributed by atoms with E-state index in [1.807, 2.05) is 24.3 Å². The zero-order valence-electron chi connectivity index (χ0n) is 32.3. The highest BCUT2D eigenvalue weighted by Crippen LogP contribution is 2.37. The number of hydrogen-bond donors (Lipinski definition) is 0.